The Labute approximate surface area is 71.8 Å². The Balaban J connectivity index is 0.000000461. The average molecular weight is 157 g/mol. The van der Waals surface area contributed by atoms with Gasteiger partial charge in [-0.05, 0) is 25.3 Å². The lowest BCUT2D eigenvalue weighted by Gasteiger charge is -2.48. The Morgan fingerprint density at radius 2 is 1.45 bits per heavy atom. The molecule has 0 unspecified atom stereocenters. The van der Waals surface area contributed by atoms with Crippen molar-refractivity contribution in [2.24, 2.45) is 5.41 Å². The first-order chi connectivity index (χ1) is 5.22. The van der Waals surface area contributed by atoms with E-state index in [1.54, 1.807) is 0 Å². The molecule has 1 rings (SSSR count). The molecular formula is C10H23N. The molecule has 0 amide bonds. The third kappa shape index (κ3) is 2.48. The van der Waals surface area contributed by atoms with E-state index >= 15 is 0 Å². The van der Waals surface area contributed by atoms with Gasteiger partial charge in [-0.1, -0.05) is 27.7 Å². The van der Waals surface area contributed by atoms with Crippen LogP contribution in [0.2, 0.25) is 0 Å². The molecule has 0 bridgehead atoms. The van der Waals surface area contributed by atoms with E-state index in [-0.39, 0.29) is 0 Å². The van der Waals surface area contributed by atoms with Crippen LogP contribution in [-0.4, -0.2) is 25.0 Å². The number of likely N-dealkylation sites (tertiary alicyclic amines) is 1. The summed E-state index contributed by atoms with van der Waals surface area (Å²) >= 11 is 0. The normalized spacial score (nSPS) is 21.5. The molecule has 0 aromatic rings. The fraction of sp³-hybridized carbons (Fsp3) is 1.00. The van der Waals surface area contributed by atoms with Crippen molar-refractivity contribution >= 4 is 0 Å². The Kier molecular flexibility index (Phi) is 4.74. The Bertz CT molecular complexity index is 87.0. The fourth-order valence-corrected chi connectivity index (χ4v) is 1.80. The van der Waals surface area contributed by atoms with Crippen LogP contribution in [0, 0.1) is 5.41 Å². The predicted molar refractivity (Wildman–Crippen MR) is 51.9 cm³/mol. The minimum Gasteiger partial charge on any atom is -0.305 e. The van der Waals surface area contributed by atoms with Crippen molar-refractivity contribution in [1.82, 2.24) is 4.90 Å². The SMILES string of the molecule is CC.CCC1(CC)CN(C)C1. The molecule has 0 N–H and O–H groups in total. The smallest absolute Gasteiger partial charge is 0.00472 e. The van der Waals surface area contributed by atoms with E-state index < -0.39 is 0 Å². The van der Waals surface area contributed by atoms with Gasteiger partial charge in [-0.3, -0.25) is 0 Å². The number of rotatable bonds is 2. The second-order valence-corrected chi connectivity index (χ2v) is 3.38. The van der Waals surface area contributed by atoms with Crippen LogP contribution in [-0.2, 0) is 0 Å². The van der Waals surface area contributed by atoms with Gasteiger partial charge in [0, 0.05) is 13.1 Å². The molecule has 0 radical (unpaired) electrons. The molecule has 0 atom stereocenters. The van der Waals surface area contributed by atoms with Crippen LogP contribution in [0.4, 0.5) is 0 Å². The average Bonchev–Trinajstić information content (AvgIpc) is 2.02. The van der Waals surface area contributed by atoms with E-state index in [1.165, 1.54) is 25.9 Å². The van der Waals surface area contributed by atoms with Crippen LogP contribution in [0.25, 0.3) is 0 Å². The van der Waals surface area contributed by atoms with Crippen LogP contribution in [0.1, 0.15) is 40.5 Å². The first-order valence-electron chi connectivity index (χ1n) is 4.91. The lowest BCUT2D eigenvalue weighted by Crippen LogP contribution is -2.53. The van der Waals surface area contributed by atoms with Gasteiger partial charge in [0.1, 0.15) is 0 Å². The summed E-state index contributed by atoms with van der Waals surface area (Å²) in [7, 11) is 2.20. The highest BCUT2D eigenvalue weighted by atomic mass is 15.2. The Morgan fingerprint density at radius 3 is 1.55 bits per heavy atom. The molecule has 1 heteroatoms. The molecule has 1 heterocycles. The monoisotopic (exact) mass is 157 g/mol. The van der Waals surface area contributed by atoms with Crippen molar-refractivity contribution in [3.63, 3.8) is 0 Å². The lowest BCUT2D eigenvalue weighted by molar-refractivity contribution is 0.0154. The molecule has 1 fully saturated rings. The maximum absolute atomic E-state index is 2.40. The molecule has 0 spiro atoms. The van der Waals surface area contributed by atoms with Gasteiger partial charge < -0.3 is 4.90 Å². The molecule has 1 nitrogen and oxygen atoms in total. The van der Waals surface area contributed by atoms with Gasteiger partial charge in [-0.25, -0.2) is 0 Å². The first kappa shape index (κ1) is 11.0. The molecule has 0 aliphatic carbocycles. The minimum atomic E-state index is 0.703. The van der Waals surface area contributed by atoms with Gasteiger partial charge >= 0.3 is 0 Å². The summed E-state index contributed by atoms with van der Waals surface area (Å²) in [6.07, 6.45) is 2.71. The van der Waals surface area contributed by atoms with E-state index in [4.69, 9.17) is 0 Å². The molecule has 1 saturated heterocycles. The van der Waals surface area contributed by atoms with Crippen molar-refractivity contribution < 1.29 is 0 Å². The zero-order valence-electron chi connectivity index (χ0n) is 8.78. The van der Waals surface area contributed by atoms with Crippen molar-refractivity contribution in [2.45, 2.75) is 40.5 Å². The number of hydrogen-bond donors (Lipinski definition) is 0. The van der Waals surface area contributed by atoms with Gasteiger partial charge in [0.05, 0.1) is 0 Å². The van der Waals surface area contributed by atoms with Crippen molar-refractivity contribution in [3.05, 3.63) is 0 Å². The molecule has 0 saturated carbocycles. The van der Waals surface area contributed by atoms with Crippen molar-refractivity contribution in [1.29, 1.82) is 0 Å². The van der Waals surface area contributed by atoms with Gasteiger partial charge in [0.2, 0.25) is 0 Å². The third-order valence-electron chi connectivity index (χ3n) is 2.71. The standard InChI is InChI=1S/C8H17N.C2H6/c1-4-8(5-2)6-9(3)7-8;1-2/h4-7H2,1-3H3;1-2H3. The molecule has 68 valence electrons. The van der Waals surface area contributed by atoms with Crippen molar-refractivity contribution in [3.8, 4) is 0 Å². The second-order valence-electron chi connectivity index (χ2n) is 3.38. The topological polar surface area (TPSA) is 3.24 Å². The Morgan fingerprint density at radius 1 is 1.09 bits per heavy atom. The largest absolute Gasteiger partial charge is 0.305 e. The van der Waals surface area contributed by atoms with Gasteiger partial charge in [-0.2, -0.15) is 0 Å². The molecule has 0 aromatic heterocycles. The van der Waals surface area contributed by atoms with Crippen LogP contribution in [0.3, 0.4) is 0 Å². The molecule has 1 aliphatic rings. The van der Waals surface area contributed by atoms with Crippen LogP contribution >= 0.6 is 0 Å². The highest BCUT2D eigenvalue weighted by molar-refractivity contribution is 4.90. The highest BCUT2D eigenvalue weighted by Gasteiger charge is 2.37. The molecular weight excluding hydrogens is 134 g/mol. The van der Waals surface area contributed by atoms with E-state index in [2.05, 4.69) is 25.8 Å². The number of hydrogen-bond acceptors (Lipinski definition) is 1. The second kappa shape index (κ2) is 4.76. The van der Waals surface area contributed by atoms with E-state index in [0.717, 1.165) is 0 Å². The third-order valence-corrected chi connectivity index (χ3v) is 2.71. The molecule has 0 aromatic carbocycles. The summed E-state index contributed by atoms with van der Waals surface area (Å²) in [6.45, 7) is 11.2. The summed E-state index contributed by atoms with van der Waals surface area (Å²) < 4.78 is 0. The fourth-order valence-electron chi connectivity index (χ4n) is 1.80. The van der Waals surface area contributed by atoms with Crippen LogP contribution in [0.5, 0.6) is 0 Å². The Hall–Kier alpha value is -0.0400. The van der Waals surface area contributed by atoms with E-state index in [0.29, 0.717) is 5.41 Å². The quantitative estimate of drug-likeness (QED) is 0.596. The van der Waals surface area contributed by atoms with Crippen molar-refractivity contribution in [2.75, 3.05) is 20.1 Å². The minimum absolute atomic E-state index is 0.703. The van der Waals surface area contributed by atoms with Crippen LogP contribution in [0.15, 0.2) is 0 Å². The first-order valence-corrected chi connectivity index (χ1v) is 4.91. The summed E-state index contributed by atoms with van der Waals surface area (Å²) in [6, 6.07) is 0. The molecule has 1 aliphatic heterocycles. The highest BCUT2D eigenvalue weighted by Crippen LogP contribution is 2.35. The summed E-state index contributed by atoms with van der Waals surface area (Å²) in [4.78, 5) is 2.40. The van der Waals surface area contributed by atoms with Gasteiger partial charge in [0.15, 0.2) is 0 Å². The summed E-state index contributed by atoms with van der Waals surface area (Å²) in [5, 5.41) is 0. The van der Waals surface area contributed by atoms with E-state index in [1.807, 2.05) is 13.8 Å². The van der Waals surface area contributed by atoms with Gasteiger partial charge in [0.25, 0.3) is 0 Å². The summed E-state index contributed by atoms with van der Waals surface area (Å²) in [5.41, 5.74) is 0.703. The zero-order valence-corrected chi connectivity index (χ0v) is 8.78. The maximum atomic E-state index is 2.40. The zero-order chi connectivity index (χ0) is 8.91. The summed E-state index contributed by atoms with van der Waals surface area (Å²) in [5.74, 6) is 0. The number of nitrogens with zero attached hydrogens (tertiary/aromatic N) is 1. The maximum Gasteiger partial charge on any atom is 0.00472 e. The lowest BCUT2D eigenvalue weighted by atomic mass is 9.76. The van der Waals surface area contributed by atoms with E-state index in [9.17, 15) is 0 Å². The molecule has 11 heavy (non-hydrogen) atoms. The van der Waals surface area contributed by atoms with Gasteiger partial charge in [-0.15, -0.1) is 0 Å². The van der Waals surface area contributed by atoms with Crippen LogP contribution < -0.4 is 0 Å². The predicted octanol–water partition coefficient (Wildman–Crippen LogP) is 2.76.